The molecule has 3 N–H and O–H groups in total. The van der Waals surface area contributed by atoms with Gasteiger partial charge in [-0.2, -0.15) is 0 Å². The molecule has 0 amide bonds. The highest BCUT2D eigenvalue weighted by Crippen LogP contribution is 2.20. The molecule has 0 saturated heterocycles. The van der Waals surface area contributed by atoms with E-state index in [9.17, 15) is 13.2 Å². The van der Waals surface area contributed by atoms with Crippen molar-refractivity contribution >= 4 is 27.3 Å². The topological polar surface area (TPSA) is 113 Å². The van der Waals surface area contributed by atoms with Gasteiger partial charge in [0.25, 0.3) is 0 Å². The highest BCUT2D eigenvalue weighted by molar-refractivity contribution is 7.91. The van der Waals surface area contributed by atoms with Crippen LogP contribution in [0.25, 0.3) is 0 Å². The lowest BCUT2D eigenvalue weighted by molar-refractivity contribution is 0.0697. The Labute approximate surface area is 114 Å². The van der Waals surface area contributed by atoms with Crippen molar-refractivity contribution in [1.82, 2.24) is 4.72 Å². The molecule has 0 aliphatic carbocycles. The van der Waals surface area contributed by atoms with Gasteiger partial charge in [0, 0.05) is 25.1 Å². The maximum Gasteiger partial charge on any atom is 0.336 e. The number of carboxylic acids is 1. The second-order valence-electron chi connectivity index (χ2n) is 3.75. The van der Waals surface area contributed by atoms with Gasteiger partial charge in [-0.25, -0.2) is 17.9 Å². The molecule has 0 aliphatic rings. The summed E-state index contributed by atoms with van der Waals surface area (Å²) in [6, 6.07) is 0.536. The molecule has 1 heterocycles. The Morgan fingerprint density at radius 1 is 1.58 bits per heavy atom. The van der Waals surface area contributed by atoms with Crippen LogP contribution >= 0.6 is 11.3 Å². The molecular formula is C10H15NO6S2. The van der Waals surface area contributed by atoms with Gasteiger partial charge in [-0.15, -0.1) is 11.3 Å². The number of nitrogens with one attached hydrogen (secondary N) is 1. The number of carboxylic acid groups (broad SMARTS) is 1. The van der Waals surface area contributed by atoms with Gasteiger partial charge in [-0.1, -0.05) is 0 Å². The highest BCUT2D eigenvalue weighted by atomic mass is 32.2. The first-order chi connectivity index (χ1) is 8.90. The number of aliphatic hydroxyl groups excluding tert-OH is 1. The molecule has 108 valence electrons. The summed E-state index contributed by atoms with van der Waals surface area (Å²) in [5.41, 5.74) is -0.0733. The predicted octanol–water partition coefficient (Wildman–Crippen LogP) is 0.122. The SMILES string of the molecule is COCC(CCO)NS(=O)(=O)c1cc(C(=O)O)cs1. The van der Waals surface area contributed by atoms with Crippen molar-refractivity contribution in [2.75, 3.05) is 20.3 Å². The summed E-state index contributed by atoms with van der Waals surface area (Å²) >= 11 is 0.828. The minimum atomic E-state index is -3.80. The molecule has 0 aliphatic heterocycles. The van der Waals surface area contributed by atoms with Crippen LogP contribution in [0.2, 0.25) is 0 Å². The average molecular weight is 309 g/mol. The van der Waals surface area contributed by atoms with E-state index in [1.165, 1.54) is 12.5 Å². The summed E-state index contributed by atoms with van der Waals surface area (Å²) in [6.07, 6.45) is 0.213. The second-order valence-corrected chi connectivity index (χ2v) is 6.60. The van der Waals surface area contributed by atoms with E-state index in [0.29, 0.717) is 0 Å². The first kappa shape index (κ1) is 16.1. The molecule has 1 rings (SSSR count). The van der Waals surface area contributed by atoms with Crippen LogP contribution in [-0.2, 0) is 14.8 Å². The molecule has 0 saturated carbocycles. The molecule has 0 spiro atoms. The Hall–Kier alpha value is -1.00. The van der Waals surface area contributed by atoms with Crippen LogP contribution in [0.5, 0.6) is 0 Å². The maximum absolute atomic E-state index is 12.0. The fourth-order valence-electron chi connectivity index (χ4n) is 1.38. The summed E-state index contributed by atoms with van der Waals surface area (Å²) in [5.74, 6) is -1.18. The summed E-state index contributed by atoms with van der Waals surface area (Å²) in [5, 5.41) is 18.9. The van der Waals surface area contributed by atoms with Crippen LogP contribution < -0.4 is 4.72 Å². The van der Waals surface area contributed by atoms with E-state index in [4.69, 9.17) is 14.9 Å². The van der Waals surface area contributed by atoms with Crippen LogP contribution in [0.3, 0.4) is 0 Å². The van der Waals surface area contributed by atoms with Crippen LogP contribution in [0.1, 0.15) is 16.8 Å². The molecule has 0 radical (unpaired) electrons. The Kier molecular flexibility index (Phi) is 5.88. The van der Waals surface area contributed by atoms with E-state index >= 15 is 0 Å². The Morgan fingerprint density at radius 2 is 2.26 bits per heavy atom. The molecule has 0 aromatic carbocycles. The molecule has 9 heteroatoms. The maximum atomic E-state index is 12.0. The molecule has 7 nitrogen and oxygen atoms in total. The second kappa shape index (κ2) is 6.96. The Bertz CT molecular complexity index is 518. The van der Waals surface area contributed by atoms with Crippen molar-refractivity contribution in [1.29, 1.82) is 0 Å². The third-order valence-electron chi connectivity index (χ3n) is 2.25. The zero-order chi connectivity index (χ0) is 14.5. The largest absolute Gasteiger partial charge is 0.478 e. The molecular weight excluding hydrogens is 294 g/mol. The normalized spacial score (nSPS) is 13.4. The third kappa shape index (κ3) is 4.55. The van der Waals surface area contributed by atoms with Crippen molar-refractivity contribution in [3.8, 4) is 0 Å². The quantitative estimate of drug-likeness (QED) is 0.629. The van der Waals surface area contributed by atoms with Gasteiger partial charge in [0.2, 0.25) is 10.0 Å². The molecule has 19 heavy (non-hydrogen) atoms. The van der Waals surface area contributed by atoms with Crippen molar-refractivity contribution in [3.63, 3.8) is 0 Å². The lowest BCUT2D eigenvalue weighted by Crippen LogP contribution is -2.38. The van der Waals surface area contributed by atoms with E-state index in [1.807, 2.05) is 0 Å². The monoisotopic (exact) mass is 309 g/mol. The number of aliphatic hydroxyl groups is 1. The molecule has 1 aromatic rings. The van der Waals surface area contributed by atoms with Gasteiger partial charge >= 0.3 is 5.97 Å². The molecule has 0 bridgehead atoms. The van der Waals surface area contributed by atoms with Crippen molar-refractivity contribution in [2.24, 2.45) is 0 Å². The van der Waals surface area contributed by atoms with Crippen molar-refractivity contribution in [3.05, 3.63) is 17.0 Å². The first-order valence-electron chi connectivity index (χ1n) is 5.34. The minimum Gasteiger partial charge on any atom is -0.478 e. The number of aromatic carboxylic acids is 1. The number of sulfonamides is 1. The van der Waals surface area contributed by atoms with E-state index in [-0.39, 0.29) is 29.4 Å². The summed E-state index contributed by atoms with van der Waals surface area (Å²) < 4.78 is 31.1. The lowest BCUT2D eigenvalue weighted by atomic mass is 10.2. The zero-order valence-corrected chi connectivity index (χ0v) is 11.8. The van der Waals surface area contributed by atoms with Crippen LogP contribution in [0.15, 0.2) is 15.7 Å². The molecule has 1 aromatic heterocycles. The van der Waals surface area contributed by atoms with E-state index in [1.54, 1.807) is 0 Å². The van der Waals surface area contributed by atoms with Gasteiger partial charge in [0.1, 0.15) is 4.21 Å². The standard InChI is InChI=1S/C10H15NO6S2/c1-17-5-8(2-3-12)11-19(15,16)9-4-7(6-18-9)10(13)14/h4,6,8,11-12H,2-3,5H2,1H3,(H,13,14). The number of thiophene rings is 1. The predicted molar refractivity (Wildman–Crippen MR) is 69.0 cm³/mol. The van der Waals surface area contributed by atoms with Gasteiger partial charge in [0.15, 0.2) is 0 Å². The summed E-state index contributed by atoms with van der Waals surface area (Å²) in [7, 11) is -2.38. The van der Waals surface area contributed by atoms with Crippen LogP contribution in [-0.4, -0.2) is 51.0 Å². The molecule has 1 unspecified atom stereocenters. The van der Waals surface area contributed by atoms with E-state index < -0.39 is 22.0 Å². The van der Waals surface area contributed by atoms with Crippen molar-refractivity contribution in [2.45, 2.75) is 16.7 Å². The van der Waals surface area contributed by atoms with Gasteiger partial charge in [-0.3, -0.25) is 0 Å². The fraction of sp³-hybridized carbons (Fsp3) is 0.500. The zero-order valence-electron chi connectivity index (χ0n) is 10.2. The summed E-state index contributed by atoms with van der Waals surface area (Å²) in [6.45, 7) is -0.0572. The number of hydrogen-bond acceptors (Lipinski definition) is 6. The smallest absolute Gasteiger partial charge is 0.336 e. The average Bonchev–Trinajstić information content (AvgIpc) is 2.79. The van der Waals surface area contributed by atoms with E-state index in [2.05, 4.69) is 4.72 Å². The number of carbonyl (C=O) groups is 1. The molecule has 0 fully saturated rings. The van der Waals surface area contributed by atoms with Crippen LogP contribution in [0, 0.1) is 0 Å². The van der Waals surface area contributed by atoms with Gasteiger partial charge in [0.05, 0.1) is 12.2 Å². The first-order valence-corrected chi connectivity index (χ1v) is 7.71. The fourth-order valence-corrected chi connectivity index (χ4v) is 3.81. The number of methoxy groups -OCH3 is 1. The Balaban J connectivity index is 2.86. The lowest BCUT2D eigenvalue weighted by Gasteiger charge is -2.16. The van der Waals surface area contributed by atoms with Crippen molar-refractivity contribution < 1.29 is 28.2 Å². The number of rotatable bonds is 8. The number of hydrogen-bond donors (Lipinski definition) is 3. The van der Waals surface area contributed by atoms with Gasteiger partial charge in [-0.05, 0) is 12.5 Å². The van der Waals surface area contributed by atoms with E-state index in [0.717, 1.165) is 17.4 Å². The summed E-state index contributed by atoms with van der Waals surface area (Å²) in [4.78, 5) is 10.7. The van der Waals surface area contributed by atoms with Crippen LogP contribution in [0.4, 0.5) is 0 Å². The molecule has 1 atom stereocenters. The number of ether oxygens (including phenoxy) is 1. The van der Waals surface area contributed by atoms with Gasteiger partial charge < -0.3 is 14.9 Å². The highest BCUT2D eigenvalue weighted by Gasteiger charge is 2.22. The third-order valence-corrected chi connectivity index (χ3v) is 5.21. The Morgan fingerprint density at radius 3 is 2.74 bits per heavy atom. The minimum absolute atomic E-state index is 0.0733.